The molecule has 1 aromatic heterocycles. The number of ether oxygens (including phenoxy) is 1. The van der Waals surface area contributed by atoms with Crippen LogP contribution in [0.1, 0.15) is 12.6 Å². The van der Waals surface area contributed by atoms with Crippen molar-refractivity contribution < 1.29 is 13.2 Å². The second-order valence-electron chi connectivity index (χ2n) is 5.68. The van der Waals surface area contributed by atoms with Gasteiger partial charge < -0.3 is 4.74 Å². The van der Waals surface area contributed by atoms with Crippen LogP contribution in [0.4, 0.5) is 5.82 Å². The molecule has 2 aromatic carbocycles. The third kappa shape index (κ3) is 4.20. The van der Waals surface area contributed by atoms with E-state index in [4.69, 9.17) is 16.3 Å². The van der Waals surface area contributed by atoms with E-state index in [1.165, 1.54) is 19.4 Å². The normalized spacial score (nSPS) is 11.2. The third-order valence-corrected chi connectivity index (χ3v) is 5.56. The molecule has 0 aliphatic rings. The molecule has 0 spiro atoms. The molecular weight excluding hydrogens is 386 g/mol. The molecule has 0 bridgehead atoms. The molecule has 0 unspecified atom stereocenters. The number of hydrogen-bond acceptors (Lipinski definition) is 5. The molecule has 1 heterocycles. The molecule has 0 aliphatic heterocycles. The van der Waals surface area contributed by atoms with Crippen LogP contribution in [0.5, 0.6) is 5.88 Å². The smallest absolute Gasteiger partial charge is 0.263 e. The van der Waals surface area contributed by atoms with Gasteiger partial charge in [0.2, 0.25) is 5.82 Å². The van der Waals surface area contributed by atoms with E-state index >= 15 is 0 Å². The van der Waals surface area contributed by atoms with Gasteiger partial charge in [-0.05, 0) is 30.2 Å². The molecule has 6 nitrogen and oxygen atoms in total. The molecule has 0 atom stereocenters. The monoisotopic (exact) mass is 403 g/mol. The van der Waals surface area contributed by atoms with Crippen molar-refractivity contribution >= 4 is 27.4 Å². The molecule has 0 saturated heterocycles. The molecule has 3 aromatic rings. The summed E-state index contributed by atoms with van der Waals surface area (Å²) in [4.78, 5) is 8.52. The quantitative estimate of drug-likeness (QED) is 0.668. The molecule has 0 amide bonds. The minimum atomic E-state index is -3.92. The Hall–Kier alpha value is -2.64. The Morgan fingerprint density at radius 3 is 2.48 bits per heavy atom. The Bertz CT molecular complexity index is 1050. The van der Waals surface area contributed by atoms with Crippen LogP contribution in [-0.2, 0) is 16.4 Å². The van der Waals surface area contributed by atoms with Crippen LogP contribution in [-0.4, -0.2) is 25.5 Å². The van der Waals surface area contributed by atoms with Crippen LogP contribution in [0.3, 0.4) is 0 Å². The number of halogens is 1. The van der Waals surface area contributed by atoms with E-state index in [9.17, 15) is 8.42 Å². The van der Waals surface area contributed by atoms with Gasteiger partial charge >= 0.3 is 0 Å². The van der Waals surface area contributed by atoms with E-state index in [2.05, 4.69) is 14.7 Å². The first-order valence-electron chi connectivity index (χ1n) is 8.22. The fourth-order valence-corrected chi connectivity index (χ4v) is 3.90. The van der Waals surface area contributed by atoms with Crippen molar-refractivity contribution in [3.8, 4) is 17.0 Å². The maximum absolute atomic E-state index is 13.0. The summed E-state index contributed by atoms with van der Waals surface area (Å²) >= 11 is 5.93. The minimum Gasteiger partial charge on any atom is -0.478 e. The number of rotatable bonds is 6. The summed E-state index contributed by atoms with van der Waals surface area (Å²) in [5.74, 6) is 0.169. The van der Waals surface area contributed by atoms with Crippen LogP contribution in [0, 0.1) is 0 Å². The van der Waals surface area contributed by atoms with E-state index in [-0.39, 0.29) is 16.6 Å². The number of nitrogens with zero attached hydrogens (tertiary/aromatic N) is 2. The van der Waals surface area contributed by atoms with Gasteiger partial charge in [0, 0.05) is 10.6 Å². The minimum absolute atomic E-state index is 0.0422. The van der Waals surface area contributed by atoms with Gasteiger partial charge in [0.15, 0.2) is 0 Å². The molecule has 0 fully saturated rings. The van der Waals surface area contributed by atoms with Crippen molar-refractivity contribution in [1.82, 2.24) is 9.97 Å². The Kier molecular flexibility index (Phi) is 5.62. The summed E-state index contributed by atoms with van der Waals surface area (Å²) in [7, 11) is -2.50. The zero-order valence-corrected chi connectivity index (χ0v) is 16.4. The predicted octanol–water partition coefficient (Wildman–Crippen LogP) is 4.17. The summed E-state index contributed by atoms with van der Waals surface area (Å²) in [5.41, 5.74) is 2.00. The van der Waals surface area contributed by atoms with E-state index < -0.39 is 10.0 Å². The maximum atomic E-state index is 13.0. The lowest BCUT2D eigenvalue weighted by Gasteiger charge is -2.14. The standard InChI is InChI=1S/C19H18ClN3O3S/c1-3-15-12-21-18(19(22-15)26-2)23-27(24,25)17-7-5-4-6-16(17)13-8-10-14(20)11-9-13/h4-12H,3H2,1-2H3,(H,21,23). The Balaban J connectivity index is 2.03. The lowest BCUT2D eigenvalue weighted by Crippen LogP contribution is -2.16. The van der Waals surface area contributed by atoms with E-state index in [1.807, 2.05) is 6.92 Å². The van der Waals surface area contributed by atoms with Crippen LogP contribution >= 0.6 is 11.6 Å². The number of nitrogens with one attached hydrogen (secondary N) is 1. The number of benzene rings is 2. The first-order chi connectivity index (χ1) is 12.9. The fourth-order valence-electron chi connectivity index (χ4n) is 2.54. The highest BCUT2D eigenvalue weighted by molar-refractivity contribution is 7.92. The molecule has 0 saturated carbocycles. The first-order valence-corrected chi connectivity index (χ1v) is 10.1. The summed E-state index contributed by atoms with van der Waals surface area (Å²) in [6.07, 6.45) is 2.18. The lowest BCUT2D eigenvalue weighted by molar-refractivity contribution is 0.396. The number of methoxy groups -OCH3 is 1. The van der Waals surface area contributed by atoms with Crippen LogP contribution in [0.15, 0.2) is 59.6 Å². The number of aromatic nitrogens is 2. The number of hydrogen-bond donors (Lipinski definition) is 1. The van der Waals surface area contributed by atoms with Gasteiger partial charge in [-0.15, -0.1) is 0 Å². The SMILES string of the molecule is CCc1cnc(NS(=O)(=O)c2ccccc2-c2ccc(Cl)cc2)c(OC)n1. The van der Waals surface area contributed by atoms with Crippen molar-refractivity contribution in [2.45, 2.75) is 18.2 Å². The highest BCUT2D eigenvalue weighted by Crippen LogP contribution is 2.30. The molecule has 0 radical (unpaired) electrons. The van der Waals surface area contributed by atoms with Gasteiger partial charge in [0.1, 0.15) is 0 Å². The van der Waals surface area contributed by atoms with Crippen molar-refractivity contribution in [3.63, 3.8) is 0 Å². The second kappa shape index (κ2) is 7.94. The summed E-state index contributed by atoms with van der Waals surface area (Å²) in [6, 6.07) is 13.7. The molecular formula is C19H18ClN3O3S. The van der Waals surface area contributed by atoms with Gasteiger partial charge in [-0.1, -0.05) is 48.9 Å². The zero-order valence-electron chi connectivity index (χ0n) is 14.8. The summed E-state index contributed by atoms with van der Waals surface area (Å²) < 4.78 is 33.7. The van der Waals surface area contributed by atoms with Crippen LogP contribution < -0.4 is 9.46 Å². The number of sulfonamides is 1. The van der Waals surface area contributed by atoms with Crippen molar-refractivity contribution in [2.24, 2.45) is 0 Å². The molecule has 1 N–H and O–H groups in total. The highest BCUT2D eigenvalue weighted by atomic mass is 35.5. The van der Waals surface area contributed by atoms with Gasteiger partial charge in [-0.25, -0.2) is 18.4 Å². The zero-order chi connectivity index (χ0) is 19.4. The van der Waals surface area contributed by atoms with Crippen molar-refractivity contribution in [1.29, 1.82) is 0 Å². The Morgan fingerprint density at radius 2 is 1.81 bits per heavy atom. The highest BCUT2D eigenvalue weighted by Gasteiger charge is 2.22. The fraction of sp³-hybridized carbons (Fsp3) is 0.158. The molecule has 27 heavy (non-hydrogen) atoms. The average molecular weight is 404 g/mol. The lowest BCUT2D eigenvalue weighted by atomic mass is 10.1. The van der Waals surface area contributed by atoms with E-state index in [1.54, 1.807) is 42.5 Å². The largest absolute Gasteiger partial charge is 0.478 e. The summed E-state index contributed by atoms with van der Waals surface area (Å²) in [6.45, 7) is 1.93. The topological polar surface area (TPSA) is 81.2 Å². The summed E-state index contributed by atoms with van der Waals surface area (Å²) in [5, 5.41) is 0.577. The van der Waals surface area contributed by atoms with E-state index in [0.717, 1.165) is 5.56 Å². The van der Waals surface area contributed by atoms with Crippen LogP contribution in [0.2, 0.25) is 5.02 Å². The van der Waals surface area contributed by atoms with Crippen molar-refractivity contribution in [3.05, 3.63) is 65.4 Å². The van der Waals surface area contributed by atoms with Gasteiger partial charge in [-0.2, -0.15) is 0 Å². The second-order valence-corrected chi connectivity index (χ2v) is 7.77. The Morgan fingerprint density at radius 1 is 1.11 bits per heavy atom. The van der Waals surface area contributed by atoms with Gasteiger partial charge in [-0.3, -0.25) is 4.72 Å². The Labute approximate surface area is 163 Å². The van der Waals surface area contributed by atoms with Gasteiger partial charge in [0.05, 0.1) is 23.9 Å². The predicted molar refractivity (Wildman–Crippen MR) is 106 cm³/mol. The van der Waals surface area contributed by atoms with Crippen LogP contribution in [0.25, 0.3) is 11.1 Å². The molecule has 8 heteroatoms. The average Bonchev–Trinajstić information content (AvgIpc) is 2.68. The molecule has 0 aliphatic carbocycles. The van der Waals surface area contributed by atoms with Crippen molar-refractivity contribution in [2.75, 3.05) is 11.8 Å². The van der Waals surface area contributed by atoms with E-state index in [0.29, 0.717) is 22.7 Å². The number of aryl methyl sites for hydroxylation is 1. The molecule has 3 rings (SSSR count). The maximum Gasteiger partial charge on any atom is 0.263 e. The molecule has 140 valence electrons. The first kappa shape index (κ1) is 19.1. The number of anilines is 1. The third-order valence-electron chi connectivity index (χ3n) is 3.91. The van der Waals surface area contributed by atoms with Gasteiger partial charge in [0.25, 0.3) is 15.9 Å².